The van der Waals surface area contributed by atoms with Crippen LogP contribution in [0.5, 0.6) is 0 Å². The summed E-state index contributed by atoms with van der Waals surface area (Å²) in [5, 5.41) is 0. The number of aryl methyl sites for hydroxylation is 1. The number of aromatic amines is 1. The van der Waals surface area contributed by atoms with Gasteiger partial charge in [-0.25, -0.2) is 9.36 Å². The first-order chi connectivity index (χ1) is 12.6. The molecule has 0 aliphatic carbocycles. The second-order valence-electron chi connectivity index (χ2n) is 9.42. The highest BCUT2D eigenvalue weighted by atomic mass is 31.2. The van der Waals surface area contributed by atoms with Gasteiger partial charge < -0.3 is 9.63 Å². The molecule has 0 radical (unpaired) electrons. The van der Waals surface area contributed by atoms with Gasteiger partial charge in [0, 0.05) is 18.2 Å². The lowest BCUT2D eigenvalue weighted by Crippen LogP contribution is -2.33. The summed E-state index contributed by atoms with van der Waals surface area (Å²) in [6.07, 6.45) is 0.141. The molecule has 0 bridgehead atoms. The van der Waals surface area contributed by atoms with Crippen molar-refractivity contribution in [2.75, 3.05) is 0 Å². The number of ether oxygens (including phenoxy) is 1. The van der Waals surface area contributed by atoms with Gasteiger partial charge in [-0.2, -0.15) is 0 Å². The fourth-order valence-corrected chi connectivity index (χ4v) is 4.41. The molecule has 0 aromatic carbocycles. The van der Waals surface area contributed by atoms with E-state index in [0.717, 1.165) is 0 Å². The summed E-state index contributed by atoms with van der Waals surface area (Å²) in [5.41, 5.74) is -1.71. The lowest BCUT2D eigenvalue weighted by molar-refractivity contribution is -0.0427. The number of phosphoric acid groups is 1. The topological polar surface area (TPSA) is 120 Å². The van der Waals surface area contributed by atoms with Crippen molar-refractivity contribution in [2.45, 2.75) is 85.3 Å². The fourth-order valence-electron chi connectivity index (χ4n) is 3.11. The van der Waals surface area contributed by atoms with Crippen molar-refractivity contribution in [2.24, 2.45) is 5.41 Å². The van der Waals surface area contributed by atoms with Crippen LogP contribution >= 0.6 is 7.82 Å². The molecule has 160 valence electrons. The monoisotopic (exact) mass is 418 g/mol. The van der Waals surface area contributed by atoms with Crippen molar-refractivity contribution in [3.05, 3.63) is 32.6 Å². The van der Waals surface area contributed by atoms with E-state index in [1.54, 1.807) is 27.7 Å². The molecule has 1 saturated heterocycles. The molecule has 0 amide bonds. The van der Waals surface area contributed by atoms with E-state index in [2.05, 4.69) is 4.98 Å². The number of nitrogens with zero attached hydrogens (tertiary/aromatic N) is 1. The summed E-state index contributed by atoms with van der Waals surface area (Å²) in [6, 6.07) is 0. The average molecular weight is 418 g/mol. The molecule has 10 heteroatoms. The molecular weight excluding hydrogens is 387 g/mol. The Labute approximate surface area is 164 Å². The maximum absolute atomic E-state index is 12.4. The molecule has 0 spiro atoms. The van der Waals surface area contributed by atoms with Crippen molar-refractivity contribution >= 4 is 7.82 Å². The maximum atomic E-state index is 12.4. The first-order valence-electron chi connectivity index (χ1n) is 9.26. The predicted molar refractivity (Wildman–Crippen MR) is 104 cm³/mol. The van der Waals surface area contributed by atoms with Crippen LogP contribution in [-0.4, -0.2) is 32.3 Å². The quantitative estimate of drug-likeness (QED) is 0.706. The van der Waals surface area contributed by atoms with E-state index in [-0.39, 0.29) is 11.8 Å². The number of rotatable bonds is 5. The number of nitrogens with one attached hydrogen (secondary N) is 1. The Morgan fingerprint density at radius 1 is 1.29 bits per heavy atom. The molecule has 2 rings (SSSR count). The highest BCUT2D eigenvalue weighted by Gasteiger charge is 2.44. The van der Waals surface area contributed by atoms with Crippen LogP contribution in [0, 0.1) is 12.3 Å². The van der Waals surface area contributed by atoms with E-state index in [4.69, 9.17) is 13.8 Å². The summed E-state index contributed by atoms with van der Waals surface area (Å²) in [7, 11) is -4.34. The molecular formula is C18H31N2O7P. The van der Waals surface area contributed by atoms with Crippen LogP contribution in [0.2, 0.25) is 0 Å². The average Bonchev–Trinajstić information content (AvgIpc) is 2.79. The first-order valence-corrected chi connectivity index (χ1v) is 10.8. The number of H-pyrrole nitrogens is 1. The Bertz CT molecular complexity index is 862. The van der Waals surface area contributed by atoms with Gasteiger partial charge in [0.1, 0.15) is 6.23 Å². The summed E-state index contributed by atoms with van der Waals surface area (Å²) in [5.74, 6) is 0. The van der Waals surface area contributed by atoms with Crippen molar-refractivity contribution < 1.29 is 23.2 Å². The van der Waals surface area contributed by atoms with Crippen molar-refractivity contribution in [3.8, 4) is 0 Å². The molecule has 4 atom stereocenters. The lowest BCUT2D eigenvalue weighted by atomic mass is 9.87. The molecule has 1 aliphatic heterocycles. The van der Waals surface area contributed by atoms with Gasteiger partial charge in [0.15, 0.2) is 0 Å². The Morgan fingerprint density at radius 3 is 2.43 bits per heavy atom. The first kappa shape index (κ1) is 23.0. The van der Waals surface area contributed by atoms with Crippen molar-refractivity contribution in [3.63, 3.8) is 0 Å². The molecule has 1 fully saturated rings. The molecule has 2 heterocycles. The fraction of sp³-hybridized carbons (Fsp3) is 0.778. The minimum absolute atomic E-state index is 0.141. The standard InChI is InChI=1S/C18H31N2O7P/c1-11-10-20(16(22)19-15(11)21)14-8-12(13(25-14)9-17(2,3)4)26-28(23,24)27-18(5,6)7/h10,12-14H,8-9H2,1-7H3,(H,23,24)(H,19,21,22). The minimum Gasteiger partial charge on any atom is -0.352 e. The van der Waals surface area contributed by atoms with Gasteiger partial charge >= 0.3 is 13.5 Å². The SMILES string of the molecule is Cc1cn(C2CC(OP(=O)(O)OC(C)(C)C)C(CC(C)(C)C)O2)c(=O)[nH]c1=O. The lowest BCUT2D eigenvalue weighted by Gasteiger charge is -2.29. The summed E-state index contributed by atoms with van der Waals surface area (Å²) >= 11 is 0. The number of hydrogen-bond donors (Lipinski definition) is 2. The molecule has 1 aliphatic rings. The Balaban J connectivity index is 2.30. The third-order valence-electron chi connectivity index (χ3n) is 4.11. The van der Waals surface area contributed by atoms with E-state index < -0.39 is 43.1 Å². The van der Waals surface area contributed by atoms with Gasteiger partial charge in [-0.15, -0.1) is 0 Å². The highest BCUT2D eigenvalue weighted by Crippen LogP contribution is 2.51. The zero-order valence-electron chi connectivity index (χ0n) is 17.5. The van der Waals surface area contributed by atoms with Gasteiger partial charge in [0.2, 0.25) is 0 Å². The minimum atomic E-state index is -4.34. The Hall–Kier alpha value is -1.25. The van der Waals surface area contributed by atoms with Gasteiger partial charge in [-0.05, 0) is 39.5 Å². The Morgan fingerprint density at radius 2 is 1.89 bits per heavy atom. The molecule has 9 nitrogen and oxygen atoms in total. The largest absolute Gasteiger partial charge is 0.473 e. The molecule has 2 N–H and O–H groups in total. The zero-order chi connectivity index (χ0) is 21.5. The molecule has 1 aromatic heterocycles. The van der Waals surface area contributed by atoms with Crippen LogP contribution in [0.25, 0.3) is 0 Å². The van der Waals surface area contributed by atoms with Crippen LogP contribution in [-0.2, 0) is 18.3 Å². The third kappa shape index (κ3) is 6.39. The van der Waals surface area contributed by atoms with Crippen LogP contribution < -0.4 is 11.2 Å². The number of aromatic nitrogens is 2. The zero-order valence-corrected chi connectivity index (χ0v) is 18.4. The predicted octanol–water partition coefficient (Wildman–Crippen LogP) is 2.87. The van der Waals surface area contributed by atoms with Gasteiger partial charge in [-0.3, -0.25) is 23.4 Å². The summed E-state index contributed by atoms with van der Waals surface area (Å²) in [6.45, 7) is 12.6. The van der Waals surface area contributed by atoms with Gasteiger partial charge in [-0.1, -0.05) is 20.8 Å². The maximum Gasteiger partial charge on any atom is 0.473 e. The van der Waals surface area contributed by atoms with Gasteiger partial charge in [0.25, 0.3) is 5.56 Å². The highest BCUT2D eigenvalue weighted by molar-refractivity contribution is 7.47. The van der Waals surface area contributed by atoms with E-state index in [1.807, 2.05) is 20.8 Å². The van der Waals surface area contributed by atoms with Crippen LogP contribution in [0.4, 0.5) is 0 Å². The molecule has 1 aromatic rings. The second-order valence-corrected chi connectivity index (χ2v) is 10.8. The summed E-state index contributed by atoms with van der Waals surface area (Å²) in [4.78, 5) is 36.2. The number of hydrogen-bond acceptors (Lipinski definition) is 6. The normalized spacial score (nSPS) is 25.6. The smallest absolute Gasteiger partial charge is 0.352 e. The van der Waals surface area contributed by atoms with Crippen LogP contribution in [0.3, 0.4) is 0 Å². The number of phosphoric ester groups is 1. The molecule has 4 unspecified atom stereocenters. The van der Waals surface area contributed by atoms with Crippen molar-refractivity contribution in [1.29, 1.82) is 0 Å². The third-order valence-corrected chi connectivity index (χ3v) is 5.42. The van der Waals surface area contributed by atoms with Crippen LogP contribution in [0.15, 0.2) is 15.8 Å². The van der Waals surface area contributed by atoms with Crippen molar-refractivity contribution in [1.82, 2.24) is 9.55 Å². The molecule has 0 saturated carbocycles. The Kier molecular flexibility index (Phi) is 6.48. The van der Waals surface area contributed by atoms with E-state index in [1.165, 1.54) is 10.8 Å². The van der Waals surface area contributed by atoms with E-state index in [9.17, 15) is 19.0 Å². The van der Waals surface area contributed by atoms with Gasteiger partial charge in [0.05, 0.1) is 17.8 Å². The summed E-state index contributed by atoms with van der Waals surface area (Å²) < 4.78 is 30.4. The van der Waals surface area contributed by atoms with E-state index in [0.29, 0.717) is 12.0 Å². The molecule has 28 heavy (non-hydrogen) atoms. The van der Waals surface area contributed by atoms with E-state index >= 15 is 0 Å². The van der Waals surface area contributed by atoms with Crippen LogP contribution in [0.1, 0.15) is 66.2 Å². The second kappa shape index (κ2) is 7.88.